The number of carbonyl (C=O) groups excluding carboxylic acids is 1. The largest absolute Gasteiger partial charge is 0.465 e. The first kappa shape index (κ1) is 11.4. The molecule has 0 atom stereocenters. The highest BCUT2D eigenvalue weighted by Crippen LogP contribution is 2.17. The maximum Gasteiger partial charge on any atom is 0.340 e. The fourth-order valence-electron chi connectivity index (χ4n) is 1.90. The van der Waals surface area contributed by atoms with E-state index in [4.69, 9.17) is 4.74 Å². The Labute approximate surface area is 108 Å². The zero-order chi connectivity index (χ0) is 13.2. The number of methoxy groups -OCH3 is 1. The molecule has 1 aromatic carbocycles. The quantitative estimate of drug-likeness (QED) is 0.707. The molecule has 96 valence electrons. The van der Waals surface area contributed by atoms with Crippen molar-refractivity contribution < 1.29 is 9.53 Å². The lowest BCUT2D eigenvalue weighted by molar-refractivity contribution is 0.0603. The summed E-state index contributed by atoms with van der Waals surface area (Å²) in [6, 6.07) is 5.33. The monoisotopic (exact) mass is 257 g/mol. The lowest BCUT2D eigenvalue weighted by Crippen LogP contribution is -2.03. The second kappa shape index (κ2) is 4.52. The van der Waals surface area contributed by atoms with Crippen LogP contribution in [0.15, 0.2) is 30.9 Å². The van der Waals surface area contributed by atoms with Crippen LogP contribution in [0.3, 0.4) is 0 Å². The predicted molar refractivity (Wildman–Crippen MR) is 66.6 cm³/mol. The van der Waals surface area contributed by atoms with Crippen LogP contribution >= 0.6 is 0 Å². The molecule has 19 heavy (non-hydrogen) atoms. The zero-order valence-electron chi connectivity index (χ0n) is 10.2. The summed E-state index contributed by atoms with van der Waals surface area (Å²) >= 11 is 0. The van der Waals surface area contributed by atoms with E-state index in [1.54, 1.807) is 23.1 Å². The minimum atomic E-state index is -0.399. The van der Waals surface area contributed by atoms with E-state index in [2.05, 4.69) is 20.1 Å². The first-order chi connectivity index (χ1) is 9.28. The Morgan fingerprint density at radius 1 is 1.47 bits per heavy atom. The van der Waals surface area contributed by atoms with Crippen LogP contribution < -0.4 is 0 Å². The molecule has 0 aliphatic heterocycles. The van der Waals surface area contributed by atoms with Crippen molar-refractivity contribution in [2.45, 2.75) is 6.54 Å². The van der Waals surface area contributed by atoms with E-state index in [9.17, 15) is 4.79 Å². The Morgan fingerprint density at radius 3 is 3.11 bits per heavy atom. The first-order valence-electron chi connectivity index (χ1n) is 5.66. The van der Waals surface area contributed by atoms with Gasteiger partial charge in [0.25, 0.3) is 0 Å². The van der Waals surface area contributed by atoms with Gasteiger partial charge in [0.05, 0.1) is 18.2 Å². The van der Waals surface area contributed by atoms with Crippen LogP contribution in [0.1, 0.15) is 16.2 Å². The Kier molecular flexibility index (Phi) is 2.71. The molecule has 0 aliphatic rings. The van der Waals surface area contributed by atoms with Crippen LogP contribution in [-0.2, 0) is 11.3 Å². The number of hydrogen-bond acceptors (Lipinski definition) is 5. The summed E-state index contributed by atoms with van der Waals surface area (Å²) in [6.07, 6.45) is 3.07. The number of hydrogen-bond donors (Lipinski definition) is 1. The molecule has 3 aromatic rings. The molecule has 0 bridgehead atoms. The number of benzene rings is 1. The number of rotatable bonds is 3. The van der Waals surface area contributed by atoms with Crippen molar-refractivity contribution in [3.63, 3.8) is 0 Å². The predicted octanol–water partition coefficient (Wildman–Crippen LogP) is 0.989. The lowest BCUT2D eigenvalue weighted by Gasteiger charge is -1.98. The highest BCUT2D eigenvalue weighted by molar-refractivity contribution is 6.01. The zero-order valence-corrected chi connectivity index (χ0v) is 10.2. The summed E-state index contributed by atoms with van der Waals surface area (Å²) in [7, 11) is 1.35. The number of esters is 1. The van der Waals surface area contributed by atoms with E-state index >= 15 is 0 Å². The average Bonchev–Trinajstić information content (AvgIpc) is 3.06. The van der Waals surface area contributed by atoms with Crippen molar-refractivity contribution in [1.29, 1.82) is 0 Å². The van der Waals surface area contributed by atoms with Gasteiger partial charge < -0.3 is 9.72 Å². The molecule has 7 nitrogen and oxygen atoms in total. The van der Waals surface area contributed by atoms with Crippen molar-refractivity contribution in [1.82, 2.24) is 24.7 Å². The van der Waals surface area contributed by atoms with Gasteiger partial charge in [-0.05, 0) is 12.1 Å². The number of fused-ring (bicyclic) bond motifs is 1. The Bertz CT molecular complexity index is 717. The summed E-state index contributed by atoms with van der Waals surface area (Å²) in [5, 5.41) is 4.01. The van der Waals surface area contributed by atoms with Crippen LogP contribution in [0.2, 0.25) is 0 Å². The van der Waals surface area contributed by atoms with E-state index in [0.29, 0.717) is 23.4 Å². The van der Waals surface area contributed by atoms with Gasteiger partial charge in [0.15, 0.2) is 0 Å². The van der Waals surface area contributed by atoms with E-state index in [1.807, 2.05) is 6.07 Å². The standard InChI is InChI=1S/C12H11N5O2/c1-19-12(18)8-3-2-4-9-11(8)16-10(15-9)5-17-7-13-6-14-17/h2-4,6-7H,5H2,1H3,(H,15,16). The highest BCUT2D eigenvalue weighted by Gasteiger charge is 2.13. The Morgan fingerprint density at radius 2 is 2.37 bits per heavy atom. The van der Waals surface area contributed by atoms with Crippen LogP contribution in [-0.4, -0.2) is 37.8 Å². The van der Waals surface area contributed by atoms with Crippen molar-refractivity contribution in [3.8, 4) is 0 Å². The number of imidazole rings is 1. The molecule has 0 saturated heterocycles. The first-order valence-corrected chi connectivity index (χ1v) is 5.66. The summed E-state index contributed by atoms with van der Waals surface area (Å²) < 4.78 is 6.39. The van der Waals surface area contributed by atoms with Gasteiger partial charge >= 0.3 is 5.97 Å². The third-order valence-corrected chi connectivity index (χ3v) is 2.75. The molecule has 2 aromatic heterocycles. The Hall–Kier alpha value is -2.70. The highest BCUT2D eigenvalue weighted by atomic mass is 16.5. The van der Waals surface area contributed by atoms with Gasteiger partial charge in [-0.2, -0.15) is 5.10 Å². The maximum atomic E-state index is 11.6. The van der Waals surface area contributed by atoms with Gasteiger partial charge in [0, 0.05) is 0 Å². The molecule has 0 unspecified atom stereocenters. The Balaban J connectivity index is 2.03. The second-order valence-electron chi connectivity index (χ2n) is 3.97. The smallest absolute Gasteiger partial charge is 0.340 e. The number of nitrogens with zero attached hydrogens (tertiary/aromatic N) is 4. The molecule has 0 spiro atoms. The third-order valence-electron chi connectivity index (χ3n) is 2.75. The fourth-order valence-corrected chi connectivity index (χ4v) is 1.90. The SMILES string of the molecule is COC(=O)c1cccc2[nH]c(Cn3cncn3)nc12. The average molecular weight is 257 g/mol. The minimum Gasteiger partial charge on any atom is -0.465 e. The number of carbonyl (C=O) groups is 1. The topological polar surface area (TPSA) is 85.7 Å². The van der Waals surface area contributed by atoms with Gasteiger partial charge in [0.2, 0.25) is 0 Å². The van der Waals surface area contributed by atoms with Gasteiger partial charge in [-0.1, -0.05) is 6.07 Å². The van der Waals surface area contributed by atoms with Crippen molar-refractivity contribution in [3.05, 3.63) is 42.2 Å². The number of nitrogens with one attached hydrogen (secondary N) is 1. The van der Waals surface area contributed by atoms with Crippen molar-refractivity contribution >= 4 is 17.0 Å². The number of ether oxygens (including phenoxy) is 1. The molecular formula is C12H11N5O2. The number of para-hydroxylation sites is 1. The molecule has 0 amide bonds. The molecule has 7 heteroatoms. The van der Waals surface area contributed by atoms with Crippen LogP contribution in [0.5, 0.6) is 0 Å². The number of H-pyrrole nitrogens is 1. The molecule has 0 fully saturated rings. The van der Waals surface area contributed by atoms with Crippen molar-refractivity contribution in [2.75, 3.05) is 7.11 Å². The van der Waals surface area contributed by atoms with Crippen LogP contribution in [0.4, 0.5) is 0 Å². The van der Waals surface area contributed by atoms with E-state index in [0.717, 1.165) is 5.52 Å². The van der Waals surface area contributed by atoms with Crippen LogP contribution in [0.25, 0.3) is 11.0 Å². The second-order valence-corrected chi connectivity index (χ2v) is 3.97. The summed E-state index contributed by atoms with van der Waals surface area (Å²) in [4.78, 5) is 23.1. The number of aromatic nitrogens is 5. The van der Waals surface area contributed by atoms with Crippen LogP contribution in [0, 0.1) is 0 Å². The van der Waals surface area contributed by atoms with Gasteiger partial charge in [-0.15, -0.1) is 0 Å². The summed E-state index contributed by atoms with van der Waals surface area (Å²) in [6.45, 7) is 0.468. The van der Waals surface area contributed by atoms with E-state index < -0.39 is 5.97 Å². The van der Waals surface area contributed by atoms with E-state index in [1.165, 1.54) is 13.4 Å². The van der Waals surface area contributed by atoms with Gasteiger partial charge in [-0.3, -0.25) is 0 Å². The fraction of sp³-hybridized carbons (Fsp3) is 0.167. The molecule has 0 aliphatic carbocycles. The normalized spacial score (nSPS) is 10.8. The minimum absolute atomic E-state index is 0.399. The molecular weight excluding hydrogens is 246 g/mol. The summed E-state index contributed by atoms with van der Waals surface area (Å²) in [5.74, 6) is 0.307. The molecule has 2 heterocycles. The molecule has 1 N–H and O–H groups in total. The third kappa shape index (κ3) is 2.05. The maximum absolute atomic E-state index is 11.6. The van der Waals surface area contributed by atoms with Crippen molar-refractivity contribution in [2.24, 2.45) is 0 Å². The van der Waals surface area contributed by atoms with Gasteiger partial charge in [-0.25, -0.2) is 19.4 Å². The van der Waals surface area contributed by atoms with E-state index in [-0.39, 0.29) is 0 Å². The molecule has 3 rings (SSSR count). The molecule has 0 saturated carbocycles. The number of aromatic amines is 1. The lowest BCUT2D eigenvalue weighted by atomic mass is 10.2. The summed E-state index contributed by atoms with van der Waals surface area (Å²) in [5.41, 5.74) is 1.84. The molecule has 0 radical (unpaired) electrons. The van der Waals surface area contributed by atoms with Gasteiger partial charge in [0.1, 0.15) is 30.5 Å².